The Balaban J connectivity index is 2.69. The lowest BCUT2D eigenvalue weighted by molar-refractivity contribution is 0.0988. The zero-order valence-electron chi connectivity index (χ0n) is 12.8. The molecule has 0 aliphatic carbocycles. The Kier molecular flexibility index (Phi) is 7.71. The van der Waals surface area contributed by atoms with Crippen LogP contribution in [0.2, 0.25) is 0 Å². The fourth-order valence-electron chi connectivity index (χ4n) is 2.12. The molecule has 2 heteroatoms. The first-order chi connectivity index (χ1) is 9.72. The van der Waals surface area contributed by atoms with Crippen LogP contribution in [0.3, 0.4) is 0 Å². The summed E-state index contributed by atoms with van der Waals surface area (Å²) in [5.74, 6) is 1.05. The lowest BCUT2D eigenvalue weighted by Gasteiger charge is -2.12. The van der Waals surface area contributed by atoms with Gasteiger partial charge in [-0.3, -0.25) is 4.79 Å². The molecule has 0 bridgehead atoms. The summed E-state index contributed by atoms with van der Waals surface area (Å²) in [4.78, 5) is 11.7. The summed E-state index contributed by atoms with van der Waals surface area (Å²) in [7, 11) is 0. The van der Waals surface area contributed by atoms with Crippen molar-refractivity contribution in [2.45, 2.75) is 52.4 Å². The Morgan fingerprint density at radius 3 is 2.70 bits per heavy atom. The van der Waals surface area contributed by atoms with Crippen LogP contribution in [0.1, 0.15) is 61.9 Å². The summed E-state index contributed by atoms with van der Waals surface area (Å²) in [6.07, 6.45) is 7.89. The zero-order chi connectivity index (χ0) is 14.8. The third kappa shape index (κ3) is 5.20. The predicted molar refractivity (Wildman–Crippen MR) is 84.6 cm³/mol. The molecule has 1 aromatic carbocycles. The number of ketones is 1. The second-order valence-electron chi connectivity index (χ2n) is 5.00. The number of hydrogen-bond acceptors (Lipinski definition) is 2. The number of allylic oxidation sites excluding steroid dienone is 1. The van der Waals surface area contributed by atoms with E-state index in [9.17, 15) is 4.79 Å². The fourth-order valence-corrected chi connectivity index (χ4v) is 2.12. The highest BCUT2D eigenvalue weighted by atomic mass is 16.5. The minimum Gasteiger partial charge on any atom is -0.493 e. The lowest BCUT2D eigenvalue weighted by Crippen LogP contribution is -2.03. The molecule has 0 spiro atoms. The van der Waals surface area contributed by atoms with E-state index in [2.05, 4.69) is 13.5 Å². The van der Waals surface area contributed by atoms with E-state index in [1.165, 1.54) is 19.3 Å². The van der Waals surface area contributed by atoms with Crippen molar-refractivity contribution < 1.29 is 9.53 Å². The predicted octanol–water partition coefficient (Wildman–Crippen LogP) is 4.97. The van der Waals surface area contributed by atoms with Gasteiger partial charge in [-0.2, -0.15) is 0 Å². The van der Waals surface area contributed by atoms with Crippen LogP contribution in [0.4, 0.5) is 0 Å². The van der Waals surface area contributed by atoms with Gasteiger partial charge >= 0.3 is 0 Å². The molecule has 2 nitrogen and oxygen atoms in total. The van der Waals surface area contributed by atoms with Crippen molar-refractivity contribution in [3.63, 3.8) is 0 Å². The fraction of sp³-hybridized carbons (Fsp3) is 0.500. The molecule has 0 radical (unpaired) electrons. The van der Waals surface area contributed by atoms with Gasteiger partial charge in [0.1, 0.15) is 5.75 Å². The Morgan fingerprint density at radius 1 is 1.25 bits per heavy atom. The van der Waals surface area contributed by atoms with E-state index >= 15 is 0 Å². The molecule has 110 valence electrons. The Bertz CT molecular complexity index is 435. The molecule has 0 aliphatic heterocycles. The van der Waals surface area contributed by atoms with Crippen molar-refractivity contribution in [1.29, 1.82) is 0 Å². The van der Waals surface area contributed by atoms with Crippen molar-refractivity contribution in [2.75, 3.05) is 6.61 Å². The number of hydrogen-bond donors (Lipinski definition) is 0. The quantitative estimate of drug-likeness (QED) is 0.342. The van der Waals surface area contributed by atoms with Gasteiger partial charge in [0.05, 0.1) is 6.61 Å². The molecule has 0 N–H and O–H groups in total. The van der Waals surface area contributed by atoms with E-state index in [-0.39, 0.29) is 5.78 Å². The van der Waals surface area contributed by atoms with E-state index in [4.69, 9.17) is 4.74 Å². The molecule has 0 saturated carbocycles. The van der Waals surface area contributed by atoms with Crippen molar-refractivity contribution in [2.24, 2.45) is 0 Å². The largest absolute Gasteiger partial charge is 0.493 e. The lowest BCUT2D eigenvalue weighted by atomic mass is 10.0. The van der Waals surface area contributed by atoms with Crippen molar-refractivity contribution in [1.82, 2.24) is 0 Å². The van der Waals surface area contributed by atoms with Crippen LogP contribution in [0.5, 0.6) is 5.75 Å². The maximum Gasteiger partial charge on any atom is 0.162 e. The molecule has 0 unspecified atom stereocenters. The molecular formula is C18H26O2. The highest BCUT2D eigenvalue weighted by Gasteiger charge is 2.08. The second-order valence-corrected chi connectivity index (χ2v) is 5.00. The molecule has 0 aromatic heterocycles. The van der Waals surface area contributed by atoms with Crippen molar-refractivity contribution >= 4 is 5.78 Å². The van der Waals surface area contributed by atoms with Gasteiger partial charge < -0.3 is 4.74 Å². The number of unbranched alkanes of at least 4 members (excludes halogenated alkanes) is 3. The summed E-state index contributed by atoms with van der Waals surface area (Å²) in [6, 6.07) is 5.72. The molecular weight excluding hydrogens is 248 g/mol. The van der Waals surface area contributed by atoms with Crippen LogP contribution in [0.15, 0.2) is 30.9 Å². The van der Waals surface area contributed by atoms with E-state index in [0.717, 1.165) is 36.3 Å². The topological polar surface area (TPSA) is 26.3 Å². The number of benzene rings is 1. The van der Waals surface area contributed by atoms with Crippen LogP contribution in [0.25, 0.3) is 0 Å². The van der Waals surface area contributed by atoms with E-state index in [1.54, 1.807) is 0 Å². The van der Waals surface area contributed by atoms with Gasteiger partial charge in [-0.1, -0.05) is 39.2 Å². The number of carbonyl (C=O) groups is 1. The SMILES string of the molecule is C=CCc1cc(C(=O)CC)ccc1OCCCCCC. The van der Waals surface area contributed by atoms with Gasteiger partial charge in [-0.05, 0) is 36.6 Å². The number of ether oxygens (including phenoxy) is 1. The summed E-state index contributed by atoms with van der Waals surface area (Å²) >= 11 is 0. The maximum absolute atomic E-state index is 11.7. The molecule has 0 saturated heterocycles. The minimum atomic E-state index is 0.171. The molecule has 20 heavy (non-hydrogen) atoms. The highest BCUT2D eigenvalue weighted by molar-refractivity contribution is 5.96. The highest BCUT2D eigenvalue weighted by Crippen LogP contribution is 2.22. The van der Waals surface area contributed by atoms with Crippen LogP contribution < -0.4 is 4.74 Å². The molecule has 1 aromatic rings. The van der Waals surface area contributed by atoms with E-state index in [0.29, 0.717) is 6.42 Å². The van der Waals surface area contributed by atoms with Crippen LogP contribution >= 0.6 is 0 Å². The minimum absolute atomic E-state index is 0.171. The molecule has 0 atom stereocenters. The normalized spacial score (nSPS) is 10.3. The first kappa shape index (κ1) is 16.5. The average Bonchev–Trinajstić information content (AvgIpc) is 2.47. The van der Waals surface area contributed by atoms with Gasteiger partial charge in [-0.25, -0.2) is 0 Å². The Labute approximate surface area is 122 Å². The second kappa shape index (κ2) is 9.35. The molecule has 0 aliphatic rings. The van der Waals surface area contributed by atoms with Gasteiger partial charge in [-0.15, -0.1) is 6.58 Å². The summed E-state index contributed by atoms with van der Waals surface area (Å²) in [5.41, 5.74) is 1.82. The third-order valence-electron chi connectivity index (χ3n) is 3.32. The molecule has 0 amide bonds. The number of Topliss-reactive ketones (excluding diaryl/α,β-unsaturated/α-hetero) is 1. The Morgan fingerprint density at radius 2 is 2.05 bits per heavy atom. The molecule has 0 heterocycles. The summed E-state index contributed by atoms with van der Waals surface area (Å²) in [6.45, 7) is 8.60. The molecule has 1 rings (SSSR count). The van der Waals surface area contributed by atoms with Gasteiger partial charge in [0.15, 0.2) is 5.78 Å². The summed E-state index contributed by atoms with van der Waals surface area (Å²) < 4.78 is 5.85. The van der Waals surface area contributed by atoms with Crippen molar-refractivity contribution in [3.05, 3.63) is 42.0 Å². The number of rotatable bonds is 10. The third-order valence-corrected chi connectivity index (χ3v) is 3.32. The van der Waals surface area contributed by atoms with E-state index in [1.807, 2.05) is 31.2 Å². The first-order valence-corrected chi connectivity index (χ1v) is 7.62. The monoisotopic (exact) mass is 274 g/mol. The van der Waals surface area contributed by atoms with Gasteiger partial charge in [0.25, 0.3) is 0 Å². The standard InChI is InChI=1S/C18H26O2/c1-4-7-8-9-13-20-18-12-11-15(17(19)6-3)14-16(18)10-5-2/h5,11-12,14H,2,4,6-10,13H2,1,3H3. The Hall–Kier alpha value is -1.57. The van der Waals surface area contributed by atoms with Crippen molar-refractivity contribution in [3.8, 4) is 5.75 Å². The average molecular weight is 274 g/mol. The van der Waals surface area contributed by atoms with Gasteiger partial charge in [0.2, 0.25) is 0 Å². The van der Waals surface area contributed by atoms with E-state index < -0.39 is 0 Å². The summed E-state index contributed by atoms with van der Waals surface area (Å²) in [5, 5.41) is 0. The van der Waals surface area contributed by atoms with Gasteiger partial charge in [0, 0.05) is 12.0 Å². The number of carbonyl (C=O) groups excluding carboxylic acids is 1. The van der Waals surface area contributed by atoms with Crippen LogP contribution in [-0.4, -0.2) is 12.4 Å². The molecule has 0 fully saturated rings. The zero-order valence-corrected chi connectivity index (χ0v) is 12.8. The smallest absolute Gasteiger partial charge is 0.162 e. The first-order valence-electron chi connectivity index (χ1n) is 7.62. The maximum atomic E-state index is 11.7. The van der Waals surface area contributed by atoms with Crippen LogP contribution in [-0.2, 0) is 6.42 Å². The van der Waals surface area contributed by atoms with Crippen LogP contribution in [0, 0.1) is 0 Å².